The molecule has 0 saturated carbocycles. The third-order valence-corrected chi connectivity index (χ3v) is 4.30. The third-order valence-electron chi connectivity index (χ3n) is 4.30. The van der Waals surface area contributed by atoms with Gasteiger partial charge in [0.1, 0.15) is 11.4 Å². The first-order chi connectivity index (χ1) is 10.6. The first kappa shape index (κ1) is 15.0. The van der Waals surface area contributed by atoms with Crippen LogP contribution in [0.15, 0.2) is 48.8 Å². The highest BCUT2D eigenvalue weighted by molar-refractivity contribution is 5.45. The number of benzene rings is 1. The topological polar surface area (TPSA) is 45.6 Å². The molecule has 22 heavy (non-hydrogen) atoms. The maximum atomic E-state index is 11.7. The molecule has 0 bridgehead atoms. The number of ether oxygens (including phenoxy) is 1. The average molecular weight is 298 g/mol. The number of hydrogen-bond donors (Lipinski definition) is 1. The largest absolute Gasteiger partial charge is 0.493 e. The Morgan fingerprint density at radius 2 is 2.09 bits per heavy atom. The fourth-order valence-electron chi connectivity index (χ4n) is 3.29. The number of nitrogens with zero attached hydrogens (tertiary/aromatic N) is 2. The minimum Gasteiger partial charge on any atom is -0.493 e. The molecule has 1 aliphatic rings. The van der Waals surface area contributed by atoms with Gasteiger partial charge in [-0.1, -0.05) is 24.3 Å². The Hall–Kier alpha value is -1.91. The molecular weight excluding hydrogens is 276 g/mol. The summed E-state index contributed by atoms with van der Waals surface area (Å²) in [7, 11) is 4.06. The summed E-state index contributed by atoms with van der Waals surface area (Å²) < 4.78 is 5.88. The Balaban J connectivity index is 2.17. The summed E-state index contributed by atoms with van der Waals surface area (Å²) in [4.78, 5) is 6.32. The van der Waals surface area contributed by atoms with Gasteiger partial charge in [-0.15, -0.1) is 0 Å². The fourth-order valence-corrected chi connectivity index (χ4v) is 3.29. The summed E-state index contributed by atoms with van der Waals surface area (Å²) in [6.07, 6.45) is 4.27. The van der Waals surface area contributed by atoms with Crippen LogP contribution >= 0.6 is 0 Å². The molecule has 2 aromatic rings. The molecule has 0 fully saturated rings. The molecule has 116 valence electrons. The molecular formula is C18H22N2O2. The molecule has 1 aliphatic heterocycles. The average Bonchev–Trinajstić information content (AvgIpc) is 2.67. The zero-order valence-corrected chi connectivity index (χ0v) is 13.1. The van der Waals surface area contributed by atoms with E-state index >= 15 is 0 Å². The Morgan fingerprint density at radius 3 is 2.82 bits per heavy atom. The molecule has 4 nitrogen and oxygen atoms in total. The second-order valence-electron chi connectivity index (χ2n) is 6.10. The van der Waals surface area contributed by atoms with Crippen LogP contribution in [0.25, 0.3) is 0 Å². The number of hydrogen-bond acceptors (Lipinski definition) is 4. The quantitative estimate of drug-likeness (QED) is 0.944. The lowest BCUT2D eigenvalue weighted by Crippen LogP contribution is -2.41. The standard InChI is InChI=1S/C18H22N2O2/c1-20(2)13-15-9-11-22-17-8-4-3-7-16(17)18(15,21)14-6-5-10-19-12-14/h3-8,10,12,15,21H,9,11,13H2,1-2H3. The minimum atomic E-state index is -1.09. The van der Waals surface area contributed by atoms with E-state index in [1.54, 1.807) is 12.4 Å². The van der Waals surface area contributed by atoms with E-state index in [2.05, 4.69) is 9.88 Å². The molecule has 4 heteroatoms. The lowest BCUT2D eigenvalue weighted by atomic mass is 9.75. The summed E-state index contributed by atoms with van der Waals surface area (Å²) in [6.45, 7) is 1.39. The molecule has 0 radical (unpaired) electrons. The lowest BCUT2D eigenvalue weighted by molar-refractivity contribution is 0.00358. The smallest absolute Gasteiger partial charge is 0.125 e. The third kappa shape index (κ3) is 2.60. The van der Waals surface area contributed by atoms with Crippen molar-refractivity contribution in [1.29, 1.82) is 0 Å². The second kappa shape index (κ2) is 6.07. The predicted molar refractivity (Wildman–Crippen MR) is 85.8 cm³/mol. The molecule has 0 amide bonds. The molecule has 1 aromatic carbocycles. The monoisotopic (exact) mass is 298 g/mol. The first-order valence-electron chi connectivity index (χ1n) is 7.62. The Bertz CT molecular complexity index is 630. The van der Waals surface area contributed by atoms with Gasteiger partial charge in [0.2, 0.25) is 0 Å². The van der Waals surface area contributed by atoms with Crippen molar-refractivity contribution in [2.75, 3.05) is 27.2 Å². The van der Waals surface area contributed by atoms with Crippen LogP contribution in [0, 0.1) is 5.92 Å². The van der Waals surface area contributed by atoms with Crippen molar-refractivity contribution in [1.82, 2.24) is 9.88 Å². The van der Waals surface area contributed by atoms with Crippen molar-refractivity contribution in [3.8, 4) is 5.75 Å². The van der Waals surface area contributed by atoms with Gasteiger partial charge in [-0.05, 0) is 32.6 Å². The van der Waals surface area contributed by atoms with E-state index in [1.807, 2.05) is 50.5 Å². The Morgan fingerprint density at radius 1 is 1.27 bits per heavy atom. The van der Waals surface area contributed by atoms with Crippen molar-refractivity contribution in [2.24, 2.45) is 5.92 Å². The number of aromatic nitrogens is 1. The van der Waals surface area contributed by atoms with E-state index in [0.717, 1.165) is 29.8 Å². The first-order valence-corrected chi connectivity index (χ1v) is 7.62. The molecule has 0 aliphatic carbocycles. The Kier molecular flexibility index (Phi) is 4.14. The van der Waals surface area contributed by atoms with Crippen LogP contribution in [-0.2, 0) is 5.60 Å². The summed E-state index contributed by atoms with van der Waals surface area (Å²) in [5.41, 5.74) is 0.554. The van der Waals surface area contributed by atoms with Gasteiger partial charge in [0, 0.05) is 36.0 Å². The number of fused-ring (bicyclic) bond motifs is 1. The second-order valence-corrected chi connectivity index (χ2v) is 6.10. The van der Waals surface area contributed by atoms with Gasteiger partial charge in [-0.2, -0.15) is 0 Å². The number of rotatable bonds is 3. The lowest BCUT2D eigenvalue weighted by Gasteiger charge is -2.37. The predicted octanol–water partition coefficient (Wildman–Crippen LogP) is 2.28. The van der Waals surface area contributed by atoms with Crippen LogP contribution in [-0.4, -0.2) is 42.2 Å². The van der Waals surface area contributed by atoms with Crippen LogP contribution in [0.1, 0.15) is 17.5 Å². The van der Waals surface area contributed by atoms with E-state index < -0.39 is 5.60 Å². The van der Waals surface area contributed by atoms with Gasteiger partial charge in [-0.25, -0.2) is 0 Å². The van der Waals surface area contributed by atoms with Crippen molar-refractivity contribution < 1.29 is 9.84 Å². The molecule has 1 aromatic heterocycles. The highest BCUT2D eigenvalue weighted by Gasteiger charge is 2.43. The van der Waals surface area contributed by atoms with Crippen LogP contribution in [0.4, 0.5) is 0 Å². The van der Waals surface area contributed by atoms with Crippen molar-refractivity contribution in [3.05, 3.63) is 59.9 Å². The zero-order valence-electron chi connectivity index (χ0n) is 13.1. The summed E-state index contributed by atoms with van der Waals surface area (Å²) in [5.74, 6) is 0.797. The Labute approximate surface area is 131 Å². The summed E-state index contributed by atoms with van der Waals surface area (Å²) in [5, 5.41) is 11.7. The molecule has 2 heterocycles. The molecule has 3 rings (SSSR count). The van der Waals surface area contributed by atoms with Crippen molar-refractivity contribution in [2.45, 2.75) is 12.0 Å². The van der Waals surface area contributed by atoms with Gasteiger partial charge in [0.15, 0.2) is 0 Å². The van der Waals surface area contributed by atoms with E-state index in [9.17, 15) is 5.11 Å². The van der Waals surface area contributed by atoms with E-state index in [0.29, 0.717) is 6.61 Å². The highest BCUT2D eigenvalue weighted by Crippen LogP contribution is 2.44. The van der Waals surface area contributed by atoms with E-state index in [1.165, 1.54) is 0 Å². The number of para-hydroxylation sites is 1. The number of pyridine rings is 1. The van der Waals surface area contributed by atoms with Gasteiger partial charge in [-0.3, -0.25) is 4.98 Å². The van der Waals surface area contributed by atoms with Gasteiger partial charge < -0.3 is 14.7 Å². The van der Waals surface area contributed by atoms with E-state index in [-0.39, 0.29) is 5.92 Å². The van der Waals surface area contributed by atoms with Crippen LogP contribution < -0.4 is 4.74 Å². The van der Waals surface area contributed by atoms with Crippen molar-refractivity contribution >= 4 is 0 Å². The van der Waals surface area contributed by atoms with Crippen molar-refractivity contribution in [3.63, 3.8) is 0 Å². The maximum Gasteiger partial charge on any atom is 0.125 e. The van der Waals surface area contributed by atoms with Crippen LogP contribution in [0.2, 0.25) is 0 Å². The van der Waals surface area contributed by atoms with Gasteiger partial charge >= 0.3 is 0 Å². The fraction of sp³-hybridized carbons (Fsp3) is 0.389. The minimum absolute atomic E-state index is 0.0374. The van der Waals surface area contributed by atoms with Crippen LogP contribution in [0.5, 0.6) is 5.75 Å². The van der Waals surface area contributed by atoms with Crippen LogP contribution in [0.3, 0.4) is 0 Å². The van der Waals surface area contributed by atoms with Gasteiger partial charge in [0.25, 0.3) is 0 Å². The van der Waals surface area contributed by atoms with Gasteiger partial charge in [0.05, 0.1) is 6.61 Å². The summed E-state index contributed by atoms with van der Waals surface area (Å²) >= 11 is 0. The molecule has 1 N–H and O–H groups in total. The zero-order chi connectivity index (χ0) is 15.6. The maximum absolute atomic E-state index is 11.7. The molecule has 2 atom stereocenters. The number of aliphatic hydroxyl groups is 1. The molecule has 0 saturated heterocycles. The highest BCUT2D eigenvalue weighted by atomic mass is 16.5. The molecule has 2 unspecified atom stereocenters. The molecule has 0 spiro atoms. The van der Waals surface area contributed by atoms with E-state index in [4.69, 9.17) is 4.74 Å². The SMILES string of the molecule is CN(C)CC1CCOc2ccccc2C1(O)c1cccnc1. The summed E-state index contributed by atoms with van der Waals surface area (Å²) in [6, 6.07) is 11.6. The normalized spacial score (nSPS) is 24.5.